The van der Waals surface area contributed by atoms with Crippen LogP contribution in [0, 0.1) is 0 Å². The summed E-state index contributed by atoms with van der Waals surface area (Å²) in [4.78, 5) is 4.19. The molecule has 0 aromatic heterocycles. The zero-order chi connectivity index (χ0) is 25.2. The molecule has 0 unspecified atom stereocenters. The molecule has 3 rings (SSSR count). The SMILES string of the molecule is COc1ccc(C(Cl)=C(c2ccc(OCCN(C)C)cc2)c2ccc(OCCN(C)C)cc2)cc1.Cl. The van der Waals surface area contributed by atoms with E-state index in [-0.39, 0.29) is 12.4 Å². The Morgan fingerprint density at radius 2 is 0.972 bits per heavy atom. The normalized spacial score (nSPS) is 10.7. The number of likely N-dealkylation sites (N-methyl/N-ethyl adjacent to an activating group) is 2. The molecular weight excluding hydrogens is 495 g/mol. The first-order valence-corrected chi connectivity index (χ1v) is 12.1. The molecule has 7 heteroatoms. The quantitative estimate of drug-likeness (QED) is 0.262. The standard InChI is InChI=1S/C29H35ClN2O3.ClH/c1-31(2)18-20-34-26-14-6-22(7-15-26)28(29(30)24-10-12-25(33-5)13-11-24)23-8-16-27(17-9-23)35-21-19-32(3)4;/h6-17H,18-21H2,1-5H3;1H. The molecule has 0 aliphatic carbocycles. The third-order valence-corrected chi connectivity index (χ3v) is 5.87. The summed E-state index contributed by atoms with van der Waals surface area (Å²) in [6.45, 7) is 2.99. The lowest BCUT2D eigenvalue weighted by Gasteiger charge is -2.15. The molecule has 0 amide bonds. The van der Waals surface area contributed by atoms with E-state index in [0.29, 0.717) is 18.2 Å². The van der Waals surface area contributed by atoms with E-state index in [0.717, 1.165) is 52.6 Å². The van der Waals surface area contributed by atoms with Crippen LogP contribution in [-0.2, 0) is 0 Å². The van der Waals surface area contributed by atoms with Gasteiger partial charge in [-0.3, -0.25) is 0 Å². The monoisotopic (exact) mass is 530 g/mol. The summed E-state index contributed by atoms with van der Waals surface area (Å²) in [6, 6.07) is 23.9. The van der Waals surface area contributed by atoms with Gasteiger partial charge in [-0.1, -0.05) is 35.9 Å². The topological polar surface area (TPSA) is 34.2 Å². The highest BCUT2D eigenvalue weighted by Crippen LogP contribution is 2.36. The van der Waals surface area contributed by atoms with Crippen molar-refractivity contribution in [3.63, 3.8) is 0 Å². The number of rotatable bonds is 12. The van der Waals surface area contributed by atoms with Crippen LogP contribution in [-0.4, -0.2) is 71.4 Å². The Morgan fingerprint density at radius 3 is 1.33 bits per heavy atom. The Balaban J connectivity index is 0.00000456. The fourth-order valence-corrected chi connectivity index (χ4v) is 3.77. The zero-order valence-electron chi connectivity index (χ0n) is 21.7. The molecule has 0 atom stereocenters. The molecule has 0 heterocycles. The van der Waals surface area contributed by atoms with Crippen molar-refractivity contribution in [2.75, 3.05) is 61.6 Å². The number of benzene rings is 3. The van der Waals surface area contributed by atoms with Crippen molar-refractivity contribution < 1.29 is 14.2 Å². The first-order chi connectivity index (χ1) is 16.9. The second-order valence-corrected chi connectivity index (χ2v) is 9.15. The number of methoxy groups -OCH3 is 1. The third kappa shape index (κ3) is 8.75. The van der Waals surface area contributed by atoms with Crippen LogP contribution >= 0.6 is 24.0 Å². The van der Waals surface area contributed by atoms with Gasteiger partial charge in [0.05, 0.1) is 12.1 Å². The van der Waals surface area contributed by atoms with E-state index in [9.17, 15) is 0 Å². The van der Waals surface area contributed by atoms with E-state index in [1.165, 1.54) is 0 Å². The van der Waals surface area contributed by atoms with Crippen molar-refractivity contribution in [1.82, 2.24) is 9.80 Å². The summed E-state index contributed by atoms with van der Waals surface area (Å²) >= 11 is 7.02. The van der Waals surface area contributed by atoms with Crippen molar-refractivity contribution in [2.45, 2.75) is 0 Å². The zero-order valence-corrected chi connectivity index (χ0v) is 23.2. The van der Waals surface area contributed by atoms with Crippen molar-refractivity contribution >= 4 is 34.6 Å². The van der Waals surface area contributed by atoms with Gasteiger partial charge >= 0.3 is 0 Å². The van der Waals surface area contributed by atoms with Gasteiger partial charge in [0.25, 0.3) is 0 Å². The third-order valence-electron chi connectivity index (χ3n) is 5.46. The maximum absolute atomic E-state index is 7.02. The maximum Gasteiger partial charge on any atom is 0.119 e. The Labute approximate surface area is 226 Å². The van der Waals surface area contributed by atoms with Gasteiger partial charge in [0.15, 0.2) is 0 Å². The number of hydrogen-bond acceptors (Lipinski definition) is 5. The number of nitrogens with zero attached hydrogens (tertiary/aromatic N) is 2. The summed E-state index contributed by atoms with van der Waals surface area (Å²) in [7, 11) is 9.78. The Morgan fingerprint density at radius 1 is 0.611 bits per heavy atom. The van der Waals surface area contributed by atoms with E-state index in [1.807, 2.05) is 101 Å². The van der Waals surface area contributed by atoms with Crippen molar-refractivity contribution in [3.8, 4) is 17.2 Å². The van der Waals surface area contributed by atoms with Crippen molar-refractivity contribution in [3.05, 3.63) is 89.5 Å². The van der Waals surface area contributed by atoms with Crippen LogP contribution in [0.5, 0.6) is 17.2 Å². The van der Waals surface area contributed by atoms with Gasteiger partial charge in [-0.15, -0.1) is 12.4 Å². The molecule has 194 valence electrons. The molecule has 0 saturated carbocycles. The van der Waals surface area contributed by atoms with Crippen LogP contribution in [0.25, 0.3) is 10.6 Å². The Kier molecular flexibility index (Phi) is 12.1. The van der Waals surface area contributed by atoms with Crippen LogP contribution in [0.1, 0.15) is 16.7 Å². The van der Waals surface area contributed by atoms with E-state index < -0.39 is 0 Å². The minimum absolute atomic E-state index is 0. The molecule has 3 aromatic rings. The molecule has 0 radical (unpaired) electrons. The fraction of sp³-hybridized carbons (Fsp3) is 0.310. The predicted octanol–water partition coefficient (Wildman–Crippen LogP) is 6.15. The summed E-state index contributed by atoms with van der Waals surface area (Å²) in [5.41, 5.74) is 3.87. The molecule has 0 fully saturated rings. The van der Waals surface area contributed by atoms with Gasteiger partial charge in [0.2, 0.25) is 0 Å². The van der Waals surface area contributed by atoms with E-state index in [2.05, 4.69) is 9.80 Å². The van der Waals surface area contributed by atoms with Gasteiger partial charge in [-0.2, -0.15) is 0 Å². The maximum atomic E-state index is 7.02. The van der Waals surface area contributed by atoms with Crippen molar-refractivity contribution in [2.24, 2.45) is 0 Å². The average molecular weight is 532 g/mol. The van der Waals surface area contributed by atoms with Crippen LogP contribution in [0.3, 0.4) is 0 Å². The highest BCUT2D eigenvalue weighted by molar-refractivity contribution is 6.53. The Hall–Kier alpha value is -2.70. The van der Waals surface area contributed by atoms with Crippen LogP contribution in [0.4, 0.5) is 0 Å². The second kappa shape index (κ2) is 14.8. The molecule has 0 bridgehead atoms. The van der Waals surface area contributed by atoms with Gasteiger partial charge < -0.3 is 24.0 Å². The van der Waals surface area contributed by atoms with Crippen LogP contribution < -0.4 is 14.2 Å². The fourth-order valence-electron chi connectivity index (χ4n) is 3.43. The molecule has 0 aliphatic rings. The number of hydrogen-bond donors (Lipinski definition) is 0. The van der Waals surface area contributed by atoms with Gasteiger partial charge in [-0.25, -0.2) is 0 Å². The van der Waals surface area contributed by atoms with Crippen LogP contribution in [0.15, 0.2) is 72.8 Å². The molecule has 0 N–H and O–H groups in total. The molecule has 36 heavy (non-hydrogen) atoms. The average Bonchev–Trinajstić information content (AvgIpc) is 2.85. The highest BCUT2D eigenvalue weighted by Gasteiger charge is 2.14. The Bertz CT molecular complexity index is 1020. The summed E-state index contributed by atoms with van der Waals surface area (Å²) in [5, 5.41) is 0.662. The molecule has 0 saturated heterocycles. The van der Waals surface area contributed by atoms with E-state index in [4.69, 9.17) is 25.8 Å². The van der Waals surface area contributed by atoms with Crippen LogP contribution in [0.2, 0.25) is 0 Å². The molecule has 0 spiro atoms. The summed E-state index contributed by atoms with van der Waals surface area (Å²) < 4.78 is 17.1. The van der Waals surface area contributed by atoms with Crippen molar-refractivity contribution in [1.29, 1.82) is 0 Å². The van der Waals surface area contributed by atoms with E-state index >= 15 is 0 Å². The first-order valence-electron chi connectivity index (χ1n) is 11.7. The smallest absolute Gasteiger partial charge is 0.119 e. The van der Waals surface area contributed by atoms with Gasteiger partial charge in [0, 0.05) is 18.7 Å². The lowest BCUT2D eigenvalue weighted by Crippen LogP contribution is -2.19. The lowest BCUT2D eigenvalue weighted by atomic mass is 9.95. The number of ether oxygens (including phenoxy) is 3. The summed E-state index contributed by atoms with van der Waals surface area (Å²) in [6.07, 6.45) is 0. The largest absolute Gasteiger partial charge is 0.497 e. The highest BCUT2D eigenvalue weighted by atomic mass is 35.5. The number of halogens is 2. The second-order valence-electron chi connectivity index (χ2n) is 8.77. The van der Waals surface area contributed by atoms with E-state index in [1.54, 1.807) is 7.11 Å². The summed E-state index contributed by atoms with van der Waals surface area (Å²) in [5.74, 6) is 2.46. The molecule has 5 nitrogen and oxygen atoms in total. The lowest BCUT2D eigenvalue weighted by molar-refractivity contribution is 0.261. The molecule has 0 aliphatic heterocycles. The predicted molar refractivity (Wildman–Crippen MR) is 153 cm³/mol. The first kappa shape index (κ1) is 29.5. The van der Waals surface area contributed by atoms with Gasteiger partial charge in [-0.05, 0) is 93.4 Å². The minimum Gasteiger partial charge on any atom is -0.497 e. The molecular formula is C29H36Cl2N2O3. The minimum atomic E-state index is 0. The van der Waals surface area contributed by atoms with Gasteiger partial charge in [0.1, 0.15) is 30.5 Å². The molecule has 3 aromatic carbocycles.